The van der Waals surface area contributed by atoms with Gasteiger partial charge in [-0.1, -0.05) is 20.8 Å². The maximum atomic E-state index is 5.54. The van der Waals surface area contributed by atoms with Crippen molar-refractivity contribution in [3.05, 3.63) is 24.0 Å². The number of pyridine rings is 1. The number of aromatic nitrogens is 1. The molecule has 0 unspecified atom stereocenters. The Kier molecular flexibility index (Phi) is 3.47. The van der Waals surface area contributed by atoms with Crippen molar-refractivity contribution in [2.24, 2.45) is 5.41 Å². The third-order valence-electron chi connectivity index (χ3n) is 1.81. The maximum absolute atomic E-state index is 5.54. The van der Waals surface area contributed by atoms with Gasteiger partial charge in [0.05, 0.1) is 17.6 Å². The number of hydrogen-bond acceptors (Lipinski definition) is 3. The molecule has 0 aliphatic heterocycles. The Morgan fingerprint density at radius 1 is 1.36 bits per heavy atom. The summed E-state index contributed by atoms with van der Waals surface area (Å²) in [5.41, 5.74) is 7.60. The average molecular weight is 193 g/mol. The largest absolute Gasteiger partial charge is 0.397 e. The molecule has 0 atom stereocenters. The quantitative estimate of drug-likeness (QED) is 0.769. The van der Waals surface area contributed by atoms with Crippen molar-refractivity contribution in [1.82, 2.24) is 10.3 Å². The van der Waals surface area contributed by atoms with E-state index >= 15 is 0 Å². The van der Waals surface area contributed by atoms with Crippen LogP contribution in [0, 0.1) is 5.41 Å². The van der Waals surface area contributed by atoms with Gasteiger partial charge in [-0.3, -0.25) is 4.98 Å². The fourth-order valence-corrected chi connectivity index (χ4v) is 1.11. The summed E-state index contributed by atoms with van der Waals surface area (Å²) in [4.78, 5) is 4.21. The van der Waals surface area contributed by atoms with E-state index in [0.29, 0.717) is 11.1 Å². The molecule has 0 aromatic carbocycles. The standard InChI is InChI=1S/C11H19N3/c1-11(2,3)8-13-7-10-5-4-9(12)6-14-10/h4-6,13H,7-8,12H2,1-3H3. The second-order valence-corrected chi connectivity index (χ2v) is 4.75. The summed E-state index contributed by atoms with van der Waals surface area (Å²) in [5, 5.41) is 3.36. The smallest absolute Gasteiger partial charge is 0.0543 e. The first-order valence-electron chi connectivity index (χ1n) is 4.88. The Balaban J connectivity index is 2.35. The van der Waals surface area contributed by atoms with Crippen LogP contribution in [0.5, 0.6) is 0 Å². The monoisotopic (exact) mass is 193 g/mol. The zero-order valence-corrected chi connectivity index (χ0v) is 9.17. The molecule has 0 amide bonds. The van der Waals surface area contributed by atoms with Crippen molar-refractivity contribution in [2.45, 2.75) is 27.3 Å². The number of nitrogen functional groups attached to an aromatic ring is 1. The van der Waals surface area contributed by atoms with Crippen molar-refractivity contribution in [2.75, 3.05) is 12.3 Å². The zero-order chi connectivity index (χ0) is 10.6. The van der Waals surface area contributed by atoms with Gasteiger partial charge in [0.2, 0.25) is 0 Å². The fourth-order valence-electron chi connectivity index (χ4n) is 1.11. The van der Waals surface area contributed by atoms with E-state index in [4.69, 9.17) is 5.73 Å². The number of hydrogen-bond donors (Lipinski definition) is 2. The lowest BCUT2D eigenvalue weighted by Gasteiger charge is -2.18. The predicted molar refractivity (Wildman–Crippen MR) is 59.8 cm³/mol. The molecule has 3 N–H and O–H groups in total. The van der Waals surface area contributed by atoms with Crippen LogP contribution in [0.15, 0.2) is 18.3 Å². The Labute approximate surface area is 85.7 Å². The molecule has 0 radical (unpaired) electrons. The lowest BCUT2D eigenvalue weighted by Crippen LogP contribution is -2.26. The molecular formula is C11H19N3. The summed E-state index contributed by atoms with van der Waals surface area (Å²) < 4.78 is 0. The van der Waals surface area contributed by atoms with E-state index in [0.717, 1.165) is 18.8 Å². The van der Waals surface area contributed by atoms with Gasteiger partial charge >= 0.3 is 0 Å². The van der Waals surface area contributed by atoms with Gasteiger partial charge in [0.25, 0.3) is 0 Å². The molecule has 1 heterocycles. The third kappa shape index (κ3) is 4.23. The first-order valence-corrected chi connectivity index (χ1v) is 4.88. The van der Waals surface area contributed by atoms with E-state index < -0.39 is 0 Å². The fraction of sp³-hybridized carbons (Fsp3) is 0.545. The van der Waals surface area contributed by atoms with Crippen molar-refractivity contribution in [3.8, 4) is 0 Å². The van der Waals surface area contributed by atoms with Crippen LogP contribution in [0.3, 0.4) is 0 Å². The molecule has 1 rings (SSSR count). The molecule has 14 heavy (non-hydrogen) atoms. The van der Waals surface area contributed by atoms with Crippen LogP contribution in [0.4, 0.5) is 5.69 Å². The van der Waals surface area contributed by atoms with Gasteiger partial charge in [-0.15, -0.1) is 0 Å². The van der Waals surface area contributed by atoms with E-state index in [1.807, 2.05) is 12.1 Å². The summed E-state index contributed by atoms with van der Waals surface area (Å²) >= 11 is 0. The molecule has 1 aromatic rings. The highest BCUT2D eigenvalue weighted by molar-refractivity contribution is 5.34. The normalized spacial score (nSPS) is 11.6. The van der Waals surface area contributed by atoms with Crippen molar-refractivity contribution in [1.29, 1.82) is 0 Å². The molecule has 0 saturated carbocycles. The van der Waals surface area contributed by atoms with Gasteiger partial charge in [-0.25, -0.2) is 0 Å². The minimum atomic E-state index is 0.313. The molecule has 0 saturated heterocycles. The molecule has 0 aliphatic rings. The highest BCUT2D eigenvalue weighted by atomic mass is 14.9. The van der Waals surface area contributed by atoms with E-state index in [1.54, 1.807) is 6.20 Å². The first kappa shape index (κ1) is 11.0. The van der Waals surface area contributed by atoms with Crippen LogP contribution < -0.4 is 11.1 Å². The highest BCUT2D eigenvalue weighted by Gasteiger charge is 2.08. The van der Waals surface area contributed by atoms with Gasteiger partial charge in [0.15, 0.2) is 0 Å². The van der Waals surface area contributed by atoms with Crippen LogP contribution in [-0.2, 0) is 6.54 Å². The molecule has 0 fully saturated rings. The molecule has 78 valence electrons. The molecule has 0 aliphatic carbocycles. The van der Waals surface area contributed by atoms with Crippen LogP contribution in [0.25, 0.3) is 0 Å². The molecule has 3 heteroatoms. The number of anilines is 1. The van der Waals surface area contributed by atoms with Crippen LogP contribution >= 0.6 is 0 Å². The van der Waals surface area contributed by atoms with Crippen LogP contribution in [0.2, 0.25) is 0 Å². The van der Waals surface area contributed by atoms with E-state index in [2.05, 4.69) is 31.1 Å². The molecular weight excluding hydrogens is 174 g/mol. The lowest BCUT2D eigenvalue weighted by atomic mass is 9.97. The highest BCUT2D eigenvalue weighted by Crippen LogP contribution is 2.10. The molecule has 0 bridgehead atoms. The first-order chi connectivity index (χ1) is 6.47. The summed E-state index contributed by atoms with van der Waals surface area (Å²) in [7, 11) is 0. The minimum Gasteiger partial charge on any atom is -0.397 e. The van der Waals surface area contributed by atoms with E-state index in [1.165, 1.54) is 0 Å². The maximum Gasteiger partial charge on any atom is 0.0543 e. The van der Waals surface area contributed by atoms with Gasteiger partial charge in [-0.05, 0) is 17.5 Å². The summed E-state index contributed by atoms with van der Waals surface area (Å²) in [5.74, 6) is 0. The summed E-state index contributed by atoms with van der Waals surface area (Å²) in [6, 6.07) is 3.83. The molecule has 1 aromatic heterocycles. The van der Waals surface area contributed by atoms with Gasteiger partial charge in [0, 0.05) is 13.1 Å². The number of nitrogens with one attached hydrogen (secondary N) is 1. The van der Waals surface area contributed by atoms with Crippen LogP contribution in [0.1, 0.15) is 26.5 Å². The number of nitrogens with zero attached hydrogens (tertiary/aromatic N) is 1. The predicted octanol–water partition coefficient (Wildman–Crippen LogP) is 1.80. The molecule has 3 nitrogen and oxygen atoms in total. The van der Waals surface area contributed by atoms with Gasteiger partial charge in [-0.2, -0.15) is 0 Å². The van der Waals surface area contributed by atoms with Crippen molar-refractivity contribution in [3.63, 3.8) is 0 Å². The average Bonchev–Trinajstić information content (AvgIpc) is 2.06. The Bertz CT molecular complexity index is 272. The van der Waals surface area contributed by atoms with Crippen LogP contribution in [-0.4, -0.2) is 11.5 Å². The van der Waals surface area contributed by atoms with E-state index in [-0.39, 0.29) is 0 Å². The topological polar surface area (TPSA) is 50.9 Å². The lowest BCUT2D eigenvalue weighted by molar-refractivity contribution is 0.378. The Morgan fingerprint density at radius 2 is 2.07 bits per heavy atom. The SMILES string of the molecule is CC(C)(C)CNCc1ccc(N)cn1. The van der Waals surface area contributed by atoms with Crippen molar-refractivity contribution >= 4 is 5.69 Å². The third-order valence-corrected chi connectivity index (χ3v) is 1.81. The number of rotatable bonds is 3. The Morgan fingerprint density at radius 3 is 2.57 bits per heavy atom. The summed E-state index contributed by atoms with van der Waals surface area (Å²) in [6.45, 7) is 8.40. The second-order valence-electron chi connectivity index (χ2n) is 4.75. The van der Waals surface area contributed by atoms with Gasteiger partial charge < -0.3 is 11.1 Å². The summed E-state index contributed by atoms with van der Waals surface area (Å²) in [6.07, 6.45) is 1.69. The minimum absolute atomic E-state index is 0.313. The van der Waals surface area contributed by atoms with Crippen molar-refractivity contribution < 1.29 is 0 Å². The van der Waals surface area contributed by atoms with Gasteiger partial charge in [0.1, 0.15) is 0 Å². The zero-order valence-electron chi connectivity index (χ0n) is 9.17. The Hall–Kier alpha value is -1.09. The second kappa shape index (κ2) is 4.42. The molecule has 0 spiro atoms. The van der Waals surface area contributed by atoms with E-state index in [9.17, 15) is 0 Å². The number of nitrogens with two attached hydrogens (primary N) is 1.